The lowest BCUT2D eigenvalue weighted by atomic mass is 9.93. The monoisotopic (exact) mass is 679 g/mol. The topological polar surface area (TPSA) is 114 Å². The van der Waals surface area contributed by atoms with E-state index in [-0.39, 0.29) is 24.8 Å². The number of carbonyl (C=O) groups is 4. The molecule has 3 amide bonds. The molecule has 4 atom stereocenters. The van der Waals surface area contributed by atoms with Gasteiger partial charge in [0.1, 0.15) is 29.3 Å². The first kappa shape index (κ1) is 41.3. The van der Waals surface area contributed by atoms with Gasteiger partial charge in [-0.3, -0.25) is 9.59 Å². The van der Waals surface area contributed by atoms with Gasteiger partial charge in [-0.15, -0.1) is 0 Å². The number of aryl methyl sites for hydroxylation is 2. The Kier molecular flexibility index (Phi) is 15.8. The molecule has 0 bridgehead atoms. The number of esters is 1. The van der Waals surface area contributed by atoms with E-state index >= 15 is 0 Å². The van der Waals surface area contributed by atoms with E-state index in [9.17, 15) is 19.2 Å². The highest BCUT2D eigenvalue weighted by Crippen LogP contribution is 2.29. The van der Waals surface area contributed by atoms with Crippen molar-refractivity contribution in [1.82, 2.24) is 15.5 Å². The van der Waals surface area contributed by atoms with Crippen LogP contribution in [0.1, 0.15) is 123 Å². The van der Waals surface area contributed by atoms with E-state index < -0.39 is 47.3 Å². The zero-order valence-corrected chi connectivity index (χ0v) is 31.8. The second-order valence-corrected chi connectivity index (χ2v) is 15.1. The number of unbranched alkanes of at least 4 members (excludes halogenated alkanes) is 3. The van der Waals surface area contributed by atoms with Crippen molar-refractivity contribution in [2.45, 2.75) is 144 Å². The Bertz CT molecular complexity index is 1380. The number of carbonyl (C=O) groups excluding carboxylic acids is 4. The molecule has 9 heteroatoms. The van der Waals surface area contributed by atoms with E-state index in [1.165, 1.54) is 0 Å². The minimum absolute atomic E-state index is 0.210. The first-order valence-electron chi connectivity index (χ1n) is 17.8. The molecular formula is C40H61N3O6. The van der Waals surface area contributed by atoms with Gasteiger partial charge >= 0.3 is 12.1 Å². The van der Waals surface area contributed by atoms with Crippen LogP contribution in [0.4, 0.5) is 4.79 Å². The Hall–Kier alpha value is -3.88. The van der Waals surface area contributed by atoms with Gasteiger partial charge in [-0.1, -0.05) is 101 Å². The van der Waals surface area contributed by atoms with E-state index in [4.69, 9.17) is 9.47 Å². The zero-order valence-electron chi connectivity index (χ0n) is 31.8. The number of ether oxygens (including phenoxy) is 2. The van der Waals surface area contributed by atoms with Gasteiger partial charge in [-0.2, -0.15) is 0 Å². The summed E-state index contributed by atoms with van der Waals surface area (Å²) in [4.78, 5) is 57.8. The second-order valence-electron chi connectivity index (χ2n) is 15.1. The lowest BCUT2D eigenvalue weighted by Gasteiger charge is -2.37. The van der Waals surface area contributed by atoms with Gasteiger partial charge in [0, 0.05) is 13.0 Å². The van der Waals surface area contributed by atoms with Gasteiger partial charge in [0.05, 0.1) is 0 Å². The first-order valence-corrected chi connectivity index (χ1v) is 17.8. The summed E-state index contributed by atoms with van der Waals surface area (Å²) in [5.74, 6) is -1.70. The van der Waals surface area contributed by atoms with Crippen LogP contribution in [0.25, 0.3) is 0 Å². The van der Waals surface area contributed by atoms with Crippen molar-refractivity contribution < 1.29 is 28.7 Å². The van der Waals surface area contributed by atoms with E-state index in [0.29, 0.717) is 18.4 Å². The Balaban J connectivity index is 2.70. The van der Waals surface area contributed by atoms with Crippen molar-refractivity contribution in [2.75, 3.05) is 6.54 Å². The maximum atomic E-state index is 14.8. The second kappa shape index (κ2) is 18.8. The highest BCUT2D eigenvalue weighted by molar-refractivity contribution is 5.94. The Morgan fingerprint density at radius 1 is 0.816 bits per heavy atom. The number of alkyl carbamates (subject to hydrolysis) is 1. The van der Waals surface area contributed by atoms with Crippen LogP contribution in [0.3, 0.4) is 0 Å². The number of hydrogen-bond donors (Lipinski definition) is 2. The standard InChI is InChI=1S/C40H61N3O6/c1-12-14-15-19-24-43(36(45)33(28(4)13-2)42-38(47)49-40(9,10)11)34(31-23-22-27(3)25-29(31)5)35(44)41-32(37(46)48-39(6,7)8)26-30-20-17-16-18-21-30/h16-18,20-23,25,28,32-34H,12-15,19,24,26H2,1-11H3,(H,41,44)(H,42,47). The molecule has 0 heterocycles. The quantitative estimate of drug-likeness (QED) is 0.139. The molecule has 2 N–H and O–H groups in total. The van der Waals surface area contributed by atoms with Gasteiger partial charge in [0.15, 0.2) is 0 Å². The summed E-state index contributed by atoms with van der Waals surface area (Å²) in [5, 5.41) is 5.83. The maximum absolute atomic E-state index is 14.8. The van der Waals surface area contributed by atoms with Crippen LogP contribution in [0.15, 0.2) is 48.5 Å². The van der Waals surface area contributed by atoms with Crippen molar-refractivity contribution in [3.05, 3.63) is 70.8 Å². The van der Waals surface area contributed by atoms with E-state index in [1.807, 2.05) is 76.2 Å². The van der Waals surface area contributed by atoms with Crippen molar-refractivity contribution >= 4 is 23.9 Å². The molecule has 9 nitrogen and oxygen atoms in total. The van der Waals surface area contributed by atoms with Gasteiger partial charge in [-0.05, 0) is 84.4 Å². The third kappa shape index (κ3) is 13.9. The third-order valence-electron chi connectivity index (χ3n) is 8.26. The maximum Gasteiger partial charge on any atom is 0.408 e. The fourth-order valence-corrected chi connectivity index (χ4v) is 5.62. The highest BCUT2D eigenvalue weighted by Gasteiger charge is 2.40. The normalized spacial score (nSPS) is 14.2. The lowest BCUT2D eigenvalue weighted by Crippen LogP contribution is -2.56. The molecular weight excluding hydrogens is 618 g/mol. The van der Waals surface area contributed by atoms with Gasteiger partial charge < -0.3 is 25.0 Å². The van der Waals surface area contributed by atoms with E-state index in [0.717, 1.165) is 36.0 Å². The summed E-state index contributed by atoms with van der Waals surface area (Å²) in [5.41, 5.74) is 1.82. The molecule has 0 aromatic heterocycles. The van der Waals surface area contributed by atoms with Crippen LogP contribution in [0.5, 0.6) is 0 Å². The van der Waals surface area contributed by atoms with Crippen LogP contribution < -0.4 is 10.6 Å². The van der Waals surface area contributed by atoms with Crippen LogP contribution >= 0.6 is 0 Å². The summed E-state index contributed by atoms with van der Waals surface area (Å²) in [6.45, 7) is 20.8. The highest BCUT2D eigenvalue weighted by atomic mass is 16.6. The SMILES string of the molecule is CCCCCCN(C(=O)C(NC(=O)OC(C)(C)C)C(C)CC)C(C(=O)NC(Cc1ccccc1)C(=O)OC(C)(C)C)c1ccc(C)cc1C. The smallest absolute Gasteiger partial charge is 0.408 e. The zero-order chi connectivity index (χ0) is 36.9. The summed E-state index contributed by atoms with van der Waals surface area (Å²) in [6.07, 6.45) is 3.62. The van der Waals surface area contributed by atoms with Gasteiger partial charge in [0.25, 0.3) is 0 Å². The summed E-state index contributed by atoms with van der Waals surface area (Å²) < 4.78 is 11.3. The van der Waals surface area contributed by atoms with Crippen molar-refractivity contribution in [3.63, 3.8) is 0 Å². The Morgan fingerprint density at radius 2 is 1.45 bits per heavy atom. The van der Waals surface area contributed by atoms with Gasteiger partial charge in [0.2, 0.25) is 11.8 Å². The van der Waals surface area contributed by atoms with Crippen molar-refractivity contribution in [1.29, 1.82) is 0 Å². The molecule has 0 fully saturated rings. The molecule has 0 aliphatic heterocycles. The number of amides is 3. The van der Waals surface area contributed by atoms with E-state index in [2.05, 4.69) is 17.6 Å². The molecule has 49 heavy (non-hydrogen) atoms. The number of hydrogen-bond acceptors (Lipinski definition) is 6. The average molecular weight is 680 g/mol. The number of nitrogens with zero attached hydrogens (tertiary/aromatic N) is 1. The minimum atomic E-state index is -1.08. The number of rotatable bonds is 16. The van der Waals surface area contributed by atoms with Crippen molar-refractivity contribution in [2.24, 2.45) is 5.92 Å². The Labute approximate surface area is 294 Å². The predicted octanol–water partition coefficient (Wildman–Crippen LogP) is 7.76. The molecule has 0 radical (unpaired) electrons. The van der Waals surface area contributed by atoms with Crippen LogP contribution in [-0.2, 0) is 30.3 Å². The predicted molar refractivity (Wildman–Crippen MR) is 195 cm³/mol. The van der Waals surface area contributed by atoms with E-state index in [1.54, 1.807) is 46.4 Å². The van der Waals surface area contributed by atoms with Crippen LogP contribution in [0, 0.1) is 19.8 Å². The third-order valence-corrected chi connectivity index (χ3v) is 8.26. The molecule has 2 aromatic rings. The number of nitrogens with one attached hydrogen (secondary N) is 2. The molecule has 0 aliphatic rings. The molecule has 4 unspecified atom stereocenters. The molecule has 0 spiro atoms. The summed E-state index contributed by atoms with van der Waals surface area (Å²) >= 11 is 0. The van der Waals surface area contributed by atoms with Crippen LogP contribution in [-0.4, -0.2) is 58.6 Å². The number of benzene rings is 2. The first-order chi connectivity index (χ1) is 22.9. The minimum Gasteiger partial charge on any atom is -0.458 e. The largest absolute Gasteiger partial charge is 0.458 e. The fraction of sp³-hybridized carbons (Fsp3) is 0.600. The Morgan fingerprint density at radius 3 is 2.00 bits per heavy atom. The summed E-state index contributed by atoms with van der Waals surface area (Å²) in [6, 6.07) is 12.2. The molecule has 2 rings (SSSR count). The molecule has 0 saturated carbocycles. The average Bonchev–Trinajstić information content (AvgIpc) is 2.99. The molecule has 0 saturated heterocycles. The lowest BCUT2D eigenvalue weighted by molar-refractivity contribution is -0.159. The van der Waals surface area contributed by atoms with Gasteiger partial charge in [-0.25, -0.2) is 9.59 Å². The van der Waals surface area contributed by atoms with Crippen LogP contribution in [0.2, 0.25) is 0 Å². The molecule has 2 aromatic carbocycles. The summed E-state index contributed by atoms with van der Waals surface area (Å²) in [7, 11) is 0. The molecule has 0 aliphatic carbocycles. The molecule has 272 valence electrons. The fourth-order valence-electron chi connectivity index (χ4n) is 5.62. The van der Waals surface area contributed by atoms with Crippen molar-refractivity contribution in [3.8, 4) is 0 Å².